The number of rotatable bonds is 4. The van der Waals surface area contributed by atoms with Crippen LogP contribution in [0, 0.1) is 0 Å². The molecule has 0 fully saturated rings. The molecule has 0 bridgehead atoms. The number of aryl methyl sites for hydroxylation is 1. The number of aliphatic hydroxyl groups is 1. The van der Waals surface area contributed by atoms with Crippen LogP contribution in [0.3, 0.4) is 0 Å². The van der Waals surface area contributed by atoms with Crippen molar-refractivity contribution in [2.45, 2.75) is 12.8 Å². The molecule has 0 aliphatic carbocycles. The molecule has 0 amide bonds. The van der Waals surface area contributed by atoms with Crippen LogP contribution in [0.15, 0.2) is 24.4 Å². The molecule has 0 aromatic carbocycles. The van der Waals surface area contributed by atoms with Crippen molar-refractivity contribution in [3.63, 3.8) is 0 Å². The van der Waals surface area contributed by atoms with Crippen LogP contribution in [0.25, 0.3) is 5.65 Å². The van der Waals surface area contributed by atoms with Gasteiger partial charge in [-0.3, -0.25) is 9.20 Å². The maximum absolute atomic E-state index is 10.8. The number of aromatic nitrogens is 2. The summed E-state index contributed by atoms with van der Waals surface area (Å²) in [4.78, 5) is 15.1. The second-order valence-corrected chi connectivity index (χ2v) is 3.36. The van der Waals surface area contributed by atoms with Crippen molar-refractivity contribution < 1.29 is 9.90 Å². The Balaban J connectivity index is 2.41. The summed E-state index contributed by atoms with van der Waals surface area (Å²) in [6.45, 7) is 0.161. The van der Waals surface area contributed by atoms with E-state index in [9.17, 15) is 4.79 Å². The van der Waals surface area contributed by atoms with Crippen molar-refractivity contribution in [3.05, 3.63) is 35.8 Å². The molecule has 0 saturated heterocycles. The third-order valence-corrected chi connectivity index (χ3v) is 2.29. The molecule has 4 nitrogen and oxygen atoms in total. The smallest absolute Gasteiger partial charge is 0.166 e. The molecule has 2 heterocycles. The highest BCUT2D eigenvalue weighted by molar-refractivity contribution is 5.73. The minimum Gasteiger partial charge on any atom is -0.396 e. The van der Waals surface area contributed by atoms with E-state index in [1.807, 2.05) is 18.3 Å². The van der Waals surface area contributed by atoms with Crippen molar-refractivity contribution in [3.8, 4) is 0 Å². The first-order valence-corrected chi connectivity index (χ1v) is 4.88. The van der Waals surface area contributed by atoms with E-state index in [1.54, 1.807) is 10.5 Å². The van der Waals surface area contributed by atoms with Gasteiger partial charge in [0.1, 0.15) is 5.65 Å². The fraction of sp³-hybridized carbons (Fsp3) is 0.273. The molecule has 0 unspecified atom stereocenters. The van der Waals surface area contributed by atoms with Crippen molar-refractivity contribution in [2.24, 2.45) is 0 Å². The molecule has 2 aromatic rings. The van der Waals surface area contributed by atoms with Gasteiger partial charge in [0.05, 0.1) is 11.4 Å². The molecule has 0 saturated carbocycles. The first-order chi connectivity index (χ1) is 7.35. The number of pyridine rings is 1. The lowest BCUT2D eigenvalue weighted by Crippen LogP contribution is -1.92. The molecule has 0 atom stereocenters. The van der Waals surface area contributed by atoms with Crippen LogP contribution < -0.4 is 0 Å². The molecule has 4 heteroatoms. The van der Waals surface area contributed by atoms with E-state index >= 15 is 0 Å². The number of hydrogen-bond acceptors (Lipinski definition) is 3. The average molecular weight is 204 g/mol. The van der Waals surface area contributed by atoms with E-state index in [0.717, 1.165) is 24.0 Å². The predicted octanol–water partition coefficient (Wildman–Crippen LogP) is 1.07. The minimum atomic E-state index is 0.161. The van der Waals surface area contributed by atoms with Gasteiger partial charge in [-0.25, -0.2) is 4.98 Å². The molecule has 0 spiro atoms. The maximum Gasteiger partial charge on any atom is 0.166 e. The Labute approximate surface area is 87.2 Å². The molecule has 15 heavy (non-hydrogen) atoms. The van der Waals surface area contributed by atoms with Gasteiger partial charge in [-0.15, -0.1) is 0 Å². The summed E-state index contributed by atoms with van der Waals surface area (Å²) in [7, 11) is 0. The van der Waals surface area contributed by atoms with Crippen LogP contribution in [0.4, 0.5) is 0 Å². The second kappa shape index (κ2) is 4.23. The molecule has 1 N–H and O–H groups in total. The van der Waals surface area contributed by atoms with Gasteiger partial charge < -0.3 is 5.11 Å². The topological polar surface area (TPSA) is 54.6 Å². The van der Waals surface area contributed by atoms with Crippen LogP contribution in [0.1, 0.15) is 22.6 Å². The Kier molecular flexibility index (Phi) is 2.78. The zero-order valence-electron chi connectivity index (χ0n) is 8.26. The second-order valence-electron chi connectivity index (χ2n) is 3.36. The highest BCUT2D eigenvalue weighted by Crippen LogP contribution is 2.09. The number of hydrogen-bond donors (Lipinski definition) is 1. The zero-order valence-corrected chi connectivity index (χ0v) is 8.26. The van der Waals surface area contributed by atoms with Crippen LogP contribution in [-0.4, -0.2) is 27.4 Å². The Bertz CT molecular complexity index is 476. The van der Waals surface area contributed by atoms with E-state index in [1.165, 1.54) is 0 Å². The predicted molar refractivity (Wildman–Crippen MR) is 56.0 cm³/mol. The molecule has 78 valence electrons. The first-order valence-electron chi connectivity index (χ1n) is 4.88. The largest absolute Gasteiger partial charge is 0.396 e. The molecule has 0 aliphatic rings. The Hall–Kier alpha value is -1.68. The van der Waals surface area contributed by atoms with Gasteiger partial charge in [0.15, 0.2) is 6.29 Å². The molecule has 2 rings (SSSR count). The fourth-order valence-corrected chi connectivity index (χ4v) is 1.56. The van der Waals surface area contributed by atoms with Crippen molar-refractivity contribution in [1.82, 2.24) is 9.38 Å². The summed E-state index contributed by atoms with van der Waals surface area (Å²) < 4.78 is 1.76. The number of imidazole rings is 1. The highest BCUT2D eigenvalue weighted by Gasteiger charge is 2.03. The minimum absolute atomic E-state index is 0.161. The van der Waals surface area contributed by atoms with Gasteiger partial charge in [-0.1, -0.05) is 6.07 Å². The summed E-state index contributed by atoms with van der Waals surface area (Å²) in [5.74, 6) is 0. The van der Waals surface area contributed by atoms with Crippen molar-refractivity contribution in [2.75, 3.05) is 6.61 Å². The van der Waals surface area contributed by atoms with Crippen LogP contribution in [0.5, 0.6) is 0 Å². The third kappa shape index (κ3) is 1.89. The summed E-state index contributed by atoms with van der Waals surface area (Å²) >= 11 is 0. The monoisotopic (exact) mass is 204 g/mol. The van der Waals surface area contributed by atoms with Gasteiger partial charge in [0.2, 0.25) is 0 Å². The normalized spacial score (nSPS) is 10.7. The molecule has 0 radical (unpaired) electrons. The van der Waals surface area contributed by atoms with E-state index in [0.29, 0.717) is 12.1 Å². The Morgan fingerprint density at radius 2 is 2.33 bits per heavy atom. The fourth-order valence-electron chi connectivity index (χ4n) is 1.56. The summed E-state index contributed by atoms with van der Waals surface area (Å²) in [5.41, 5.74) is 2.26. The van der Waals surface area contributed by atoms with Crippen molar-refractivity contribution >= 4 is 11.9 Å². The Morgan fingerprint density at radius 1 is 1.47 bits per heavy atom. The van der Waals surface area contributed by atoms with E-state index in [4.69, 9.17) is 5.11 Å². The molecule has 0 aliphatic heterocycles. The molecular formula is C11H12N2O2. The lowest BCUT2D eigenvalue weighted by Gasteiger charge is -1.94. The van der Waals surface area contributed by atoms with Crippen LogP contribution in [-0.2, 0) is 6.42 Å². The van der Waals surface area contributed by atoms with Gasteiger partial charge in [0.25, 0.3) is 0 Å². The molecular weight excluding hydrogens is 192 g/mol. The number of carbonyl (C=O) groups is 1. The number of nitrogens with zero attached hydrogens (tertiary/aromatic N) is 2. The number of carbonyl (C=O) groups excluding carboxylic acids is 1. The molecule has 2 aromatic heterocycles. The van der Waals surface area contributed by atoms with Crippen LogP contribution >= 0.6 is 0 Å². The van der Waals surface area contributed by atoms with E-state index in [-0.39, 0.29) is 6.61 Å². The van der Waals surface area contributed by atoms with Gasteiger partial charge in [0, 0.05) is 12.8 Å². The van der Waals surface area contributed by atoms with Crippen LogP contribution in [0.2, 0.25) is 0 Å². The number of fused-ring (bicyclic) bond motifs is 1. The SMILES string of the molecule is O=Cc1cccc2nc(CCCO)cn12. The average Bonchev–Trinajstić information content (AvgIpc) is 2.68. The maximum atomic E-state index is 10.8. The number of aliphatic hydroxyl groups excluding tert-OH is 1. The van der Waals surface area contributed by atoms with Gasteiger partial charge >= 0.3 is 0 Å². The first kappa shape index (κ1) is 9.86. The Morgan fingerprint density at radius 3 is 3.07 bits per heavy atom. The lowest BCUT2D eigenvalue weighted by molar-refractivity contribution is 0.111. The summed E-state index contributed by atoms with van der Waals surface area (Å²) in [6.07, 6.45) is 4.08. The van der Waals surface area contributed by atoms with Crippen molar-refractivity contribution in [1.29, 1.82) is 0 Å². The quantitative estimate of drug-likeness (QED) is 0.758. The van der Waals surface area contributed by atoms with Gasteiger partial charge in [-0.2, -0.15) is 0 Å². The van der Waals surface area contributed by atoms with E-state index in [2.05, 4.69) is 4.98 Å². The standard InChI is InChI=1S/C11H12N2O2/c14-6-2-3-9-7-13-10(8-15)4-1-5-11(13)12-9/h1,4-5,7-8,14H,2-3,6H2. The van der Waals surface area contributed by atoms with Gasteiger partial charge in [-0.05, 0) is 25.0 Å². The zero-order chi connectivity index (χ0) is 10.7. The lowest BCUT2D eigenvalue weighted by atomic mass is 10.3. The summed E-state index contributed by atoms with van der Waals surface area (Å²) in [6, 6.07) is 5.41. The highest BCUT2D eigenvalue weighted by atomic mass is 16.2. The third-order valence-electron chi connectivity index (χ3n) is 2.29. The summed E-state index contributed by atoms with van der Waals surface area (Å²) in [5, 5.41) is 8.71. The van der Waals surface area contributed by atoms with E-state index < -0.39 is 0 Å². The number of aldehydes is 1.